The molecule has 0 saturated carbocycles. The van der Waals surface area contributed by atoms with Crippen LogP contribution in [-0.4, -0.2) is 26.1 Å². The van der Waals surface area contributed by atoms with E-state index in [-0.39, 0.29) is 5.91 Å². The van der Waals surface area contributed by atoms with Crippen molar-refractivity contribution in [3.63, 3.8) is 0 Å². The molecule has 0 aliphatic heterocycles. The lowest BCUT2D eigenvalue weighted by Gasteiger charge is -2.01. The molecule has 8 heteroatoms. The first kappa shape index (κ1) is 15.4. The fourth-order valence-electron chi connectivity index (χ4n) is 1.97. The summed E-state index contributed by atoms with van der Waals surface area (Å²) in [7, 11) is 0. The van der Waals surface area contributed by atoms with Gasteiger partial charge in [0.25, 0.3) is 0 Å². The molecule has 0 aliphatic rings. The number of anilines is 1. The number of amides is 1. The van der Waals surface area contributed by atoms with E-state index in [4.69, 9.17) is 11.6 Å². The smallest absolute Gasteiger partial charge is 0.249 e. The van der Waals surface area contributed by atoms with E-state index < -0.39 is 0 Å². The van der Waals surface area contributed by atoms with Gasteiger partial charge in [-0.25, -0.2) is 4.98 Å². The second-order valence-electron chi connectivity index (χ2n) is 4.65. The van der Waals surface area contributed by atoms with Crippen molar-refractivity contribution in [3.8, 4) is 11.3 Å². The summed E-state index contributed by atoms with van der Waals surface area (Å²) in [5.41, 5.74) is 2.57. The number of aromatic nitrogens is 4. The summed E-state index contributed by atoms with van der Waals surface area (Å²) in [6.07, 6.45) is 8.10. The first-order valence-corrected chi connectivity index (χ1v) is 7.88. The van der Waals surface area contributed by atoms with E-state index in [1.165, 1.54) is 17.4 Å². The van der Waals surface area contributed by atoms with Crippen LogP contribution >= 0.6 is 22.9 Å². The standard InChI is InChI=1S/C15H12ClN5OS/c1-9-13(10-4-6-17-7-5-10)20-21-14(9)19-12(22)3-2-11-8-18-15(16)23-11/h2-8H,1H3,(H2,19,20,21,22). The minimum atomic E-state index is -0.262. The molecule has 0 radical (unpaired) electrons. The zero-order valence-corrected chi connectivity index (χ0v) is 13.6. The molecule has 23 heavy (non-hydrogen) atoms. The third kappa shape index (κ3) is 3.64. The van der Waals surface area contributed by atoms with Gasteiger partial charge in [-0.2, -0.15) is 5.10 Å². The summed E-state index contributed by atoms with van der Waals surface area (Å²) in [5.74, 6) is 0.302. The van der Waals surface area contributed by atoms with Gasteiger partial charge < -0.3 is 5.32 Å². The molecule has 0 fully saturated rings. The number of pyridine rings is 1. The summed E-state index contributed by atoms with van der Waals surface area (Å²) < 4.78 is 0.441. The number of aromatic amines is 1. The van der Waals surface area contributed by atoms with E-state index in [0.29, 0.717) is 10.3 Å². The predicted octanol–water partition coefficient (Wildman–Crippen LogP) is 3.54. The molecule has 0 saturated heterocycles. The first-order valence-electron chi connectivity index (χ1n) is 6.69. The number of rotatable bonds is 4. The minimum absolute atomic E-state index is 0.262. The number of thiazole rings is 1. The van der Waals surface area contributed by atoms with Crippen LogP contribution in [0.2, 0.25) is 4.47 Å². The summed E-state index contributed by atoms with van der Waals surface area (Å²) in [6, 6.07) is 3.73. The van der Waals surface area contributed by atoms with Gasteiger partial charge in [-0.15, -0.1) is 11.3 Å². The van der Waals surface area contributed by atoms with Crippen LogP contribution < -0.4 is 5.32 Å². The summed E-state index contributed by atoms with van der Waals surface area (Å²) in [6.45, 7) is 1.89. The fourth-order valence-corrected chi connectivity index (χ4v) is 2.83. The Kier molecular flexibility index (Phi) is 4.50. The van der Waals surface area contributed by atoms with Gasteiger partial charge in [-0.05, 0) is 25.1 Å². The van der Waals surface area contributed by atoms with Crippen molar-refractivity contribution in [2.24, 2.45) is 0 Å². The molecule has 1 amide bonds. The van der Waals surface area contributed by atoms with Crippen molar-refractivity contribution in [1.29, 1.82) is 0 Å². The van der Waals surface area contributed by atoms with E-state index in [2.05, 4.69) is 25.5 Å². The highest BCUT2D eigenvalue weighted by Gasteiger charge is 2.12. The lowest BCUT2D eigenvalue weighted by Crippen LogP contribution is -2.08. The maximum atomic E-state index is 12.0. The highest BCUT2D eigenvalue weighted by molar-refractivity contribution is 7.16. The zero-order chi connectivity index (χ0) is 16.2. The molecule has 116 valence electrons. The largest absolute Gasteiger partial charge is 0.307 e. The fraction of sp³-hybridized carbons (Fsp3) is 0.0667. The number of nitrogens with one attached hydrogen (secondary N) is 2. The average Bonchev–Trinajstić information content (AvgIpc) is 3.13. The molecule has 6 nitrogen and oxygen atoms in total. The molecule has 3 heterocycles. The van der Waals surface area contributed by atoms with Crippen molar-refractivity contribution in [1.82, 2.24) is 20.2 Å². The van der Waals surface area contributed by atoms with E-state index in [9.17, 15) is 4.79 Å². The number of nitrogens with zero attached hydrogens (tertiary/aromatic N) is 3. The molecule has 0 spiro atoms. The van der Waals surface area contributed by atoms with Crippen LogP contribution in [0.15, 0.2) is 36.8 Å². The maximum Gasteiger partial charge on any atom is 0.249 e. The van der Waals surface area contributed by atoms with Crippen molar-refractivity contribution >= 4 is 40.7 Å². The van der Waals surface area contributed by atoms with Crippen molar-refractivity contribution in [2.75, 3.05) is 5.32 Å². The zero-order valence-electron chi connectivity index (χ0n) is 12.1. The van der Waals surface area contributed by atoms with E-state index >= 15 is 0 Å². The van der Waals surface area contributed by atoms with Crippen LogP contribution in [0.5, 0.6) is 0 Å². The molecule has 0 aliphatic carbocycles. The molecule has 0 bridgehead atoms. The number of carbonyl (C=O) groups is 1. The molecule has 0 atom stereocenters. The topological polar surface area (TPSA) is 83.6 Å². The lowest BCUT2D eigenvalue weighted by molar-refractivity contribution is -0.111. The minimum Gasteiger partial charge on any atom is -0.307 e. The molecule has 0 unspecified atom stereocenters. The Hall–Kier alpha value is -2.51. The Balaban J connectivity index is 1.72. The number of halogens is 1. The highest BCUT2D eigenvalue weighted by atomic mass is 35.5. The molecule has 3 aromatic heterocycles. The number of carbonyl (C=O) groups excluding carboxylic acids is 1. The first-order chi connectivity index (χ1) is 11.1. The molecular weight excluding hydrogens is 334 g/mol. The monoisotopic (exact) mass is 345 g/mol. The Morgan fingerprint density at radius 1 is 1.39 bits per heavy atom. The molecule has 3 aromatic rings. The number of hydrogen-bond acceptors (Lipinski definition) is 5. The van der Waals surface area contributed by atoms with E-state index in [1.54, 1.807) is 24.7 Å². The second kappa shape index (κ2) is 6.72. The number of H-pyrrole nitrogens is 1. The average molecular weight is 346 g/mol. The van der Waals surface area contributed by atoms with Crippen LogP contribution in [0.25, 0.3) is 17.3 Å². The Morgan fingerprint density at radius 3 is 2.87 bits per heavy atom. The SMILES string of the molecule is Cc1c(-c2ccncc2)n[nH]c1NC(=O)C=Cc1cnc(Cl)s1. The van der Waals surface area contributed by atoms with Gasteiger partial charge in [-0.1, -0.05) is 11.6 Å². The van der Waals surface area contributed by atoms with Gasteiger partial charge >= 0.3 is 0 Å². The second-order valence-corrected chi connectivity index (χ2v) is 6.29. The quantitative estimate of drug-likeness (QED) is 0.708. The van der Waals surface area contributed by atoms with Crippen molar-refractivity contribution in [3.05, 3.63) is 51.7 Å². The van der Waals surface area contributed by atoms with Gasteiger partial charge in [0.1, 0.15) is 5.82 Å². The highest BCUT2D eigenvalue weighted by Crippen LogP contribution is 2.25. The van der Waals surface area contributed by atoms with Crippen LogP contribution in [-0.2, 0) is 4.79 Å². The maximum absolute atomic E-state index is 12.0. The lowest BCUT2D eigenvalue weighted by atomic mass is 10.1. The van der Waals surface area contributed by atoms with Crippen LogP contribution in [0.4, 0.5) is 5.82 Å². The van der Waals surface area contributed by atoms with E-state index in [0.717, 1.165) is 21.7 Å². The third-order valence-electron chi connectivity index (χ3n) is 3.11. The Labute approximate surface area is 141 Å². The van der Waals surface area contributed by atoms with Crippen molar-refractivity contribution in [2.45, 2.75) is 6.92 Å². The molecule has 2 N–H and O–H groups in total. The van der Waals surface area contributed by atoms with Crippen LogP contribution in [0.1, 0.15) is 10.4 Å². The normalized spacial score (nSPS) is 11.0. The third-order valence-corrected chi connectivity index (χ3v) is 4.19. The summed E-state index contributed by atoms with van der Waals surface area (Å²) >= 11 is 7.04. The van der Waals surface area contributed by atoms with Gasteiger partial charge in [0.2, 0.25) is 5.91 Å². The van der Waals surface area contributed by atoms with E-state index in [1.807, 2.05) is 19.1 Å². The summed E-state index contributed by atoms with van der Waals surface area (Å²) in [4.78, 5) is 20.7. The predicted molar refractivity (Wildman–Crippen MR) is 91.3 cm³/mol. The van der Waals surface area contributed by atoms with Crippen LogP contribution in [0, 0.1) is 6.92 Å². The van der Waals surface area contributed by atoms with Gasteiger partial charge in [0.15, 0.2) is 4.47 Å². The molecule has 3 rings (SSSR count). The molecule has 0 aromatic carbocycles. The Bertz CT molecular complexity index is 856. The number of hydrogen-bond donors (Lipinski definition) is 2. The Morgan fingerprint density at radius 2 is 2.17 bits per heavy atom. The molecular formula is C15H12ClN5OS. The van der Waals surface area contributed by atoms with Crippen LogP contribution in [0.3, 0.4) is 0 Å². The van der Waals surface area contributed by atoms with Gasteiger partial charge in [0.05, 0.1) is 5.69 Å². The van der Waals surface area contributed by atoms with Gasteiger partial charge in [0, 0.05) is 40.7 Å². The summed E-state index contributed by atoms with van der Waals surface area (Å²) in [5, 5.41) is 9.85. The van der Waals surface area contributed by atoms with Crippen molar-refractivity contribution < 1.29 is 4.79 Å². The van der Waals surface area contributed by atoms with Gasteiger partial charge in [-0.3, -0.25) is 14.9 Å².